The molecule has 0 aliphatic heterocycles. The number of carbonyl (C=O) groups is 3. The molecule has 0 spiro atoms. The number of ketones is 1. The SMILES string of the molecule is CC(=O)[C@@]1(O)CC[C@H]2[C@@H]3CCC4=C/C(=N\OCC(=O)N[C@H](C(=O)O)c5ccccc5)CC[C@]4(C)[C@H]3CC[C@@]21C. The maximum Gasteiger partial charge on any atom is 0.330 e. The zero-order chi connectivity index (χ0) is 28.0. The summed E-state index contributed by atoms with van der Waals surface area (Å²) in [6.45, 7) is 5.70. The van der Waals surface area contributed by atoms with Crippen molar-refractivity contribution in [2.24, 2.45) is 33.7 Å². The number of hydrogen-bond donors (Lipinski definition) is 3. The minimum Gasteiger partial charge on any atom is -0.479 e. The number of aliphatic hydroxyl groups is 1. The lowest BCUT2D eigenvalue weighted by Crippen LogP contribution is -2.57. The lowest BCUT2D eigenvalue weighted by Gasteiger charge is -2.59. The number of rotatable bonds is 7. The molecule has 3 fully saturated rings. The van der Waals surface area contributed by atoms with E-state index in [4.69, 9.17) is 4.84 Å². The molecule has 0 aromatic heterocycles. The Kier molecular flexibility index (Phi) is 7.20. The highest BCUT2D eigenvalue weighted by Crippen LogP contribution is 2.67. The fourth-order valence-corrected chi connectivity index (χ4v) is 8.55. The van der Waals surface area contributed by atoms with Crippen LogP contribution < -0.4 is 5.32 Å². The Morgan fingerprint density at radius 3 is 2.46 bits per heavy atom. The van der Waals surface area contributed by atoms with Crippen molar-refractivity contribution in [3.05, 3.63) is 47.5 Å². The lowest BCUT2D eigenvalue weighted by atomic mass is 9.46. The van der Waals surface area contributed by atoms with Gasteiger partial charge in [-0.1, -0.05) is 54.9 Å². The minimum absolute atomic E-state index is 0.0575. The van der Waals surface area contributed by atoms with Crippen molar-refractivity contribution in [2.75, 3.05) is 6.61 Å². The molecule has 5 rings (SSSR count). The van der Waals surface area contributed by atoms with Gasteiger partial charge in [-0.2, -0.15) is 0 Å². The highest BCUT2D eigenvalue weighted by Gasteiger charge is 2.65. The number of amides is 1. The molecule has 0 heterocycles. The smallest absolute Gasteiger partial charge is 0.330 e. The summed E-state index contributed by atoms with van der Waals surface area (Å²) in [6.07, 6.45) is 9.21. The molecule has 7 atom stereocenters. The second kappa shape index (κ2) is 10.2. The first-order valence-electron chi connectivity index (χ1n) is 14.2. The van der Waals surface area contributed by atoms with E-state index >= 15 is 0 Å². The summed E-state index contributed by atoms with van der Waals surface area (Å²) in [6, 6.07) is 7.40. The van der Waals surface area contributed by atoms with E-state index in [9.17, 15) is 24.6 Å². The average molecular weight is 537 g/mol. The van der Waals surface area contributed by atoms with Gasteiger partial charge in [0.15, 0.2) is 18.4 Å². The van der Waals surface area contributed by atoms with Crippen molar-refractivity contribution in [2.45, 2.75) is 83.8 Å². The van der Waals surface area contributed by atoms with Gasteiger partial charge in [0.2, 0.25) is 0 Å². The van der Waals surface area contributed by atoms with E-state index in [-0.39, 0.29) is 23.2 Å². The Bertz CT molecular complexity index is 1210. The van der Waals surface area contributed by atoms with Crippen molar-refractivity contribution >= 4 is 23.4 Å². The molecular formula is C31H40N2O6. The first-order chi connectivity index (χ1) is 18.5. The molecule has 8 nitrogen and oxygen atoms in total. The fourth-order valence-electron chi connectivity index (χ4n) is 8.55. The normalized spacial score (nSPS) is 37.1. The van der Waals surface area contributed by atoms with Gasteiger partial charge in [-0.25, -0.2) is 4.79 Å². The third kappa shape index (κ3) is 4.60. The highest BCUT2D eigenvalue weighted by atomic mass is 16.6. The van der Waals surface area contributed by atoms with Crippen molar-refractivity contribution in [3.63, 3.8) is 0 Å². The molecule has 210 valence electrons. The Morgan fingerprint density at radius 2 is 1.77 bits per heavy atom. The molecule has 1 aromatic carbocycles. The van der Waals surface area contributed by atoms with Crippen molar-refractivity contribution < 1.29 is 29.4 Å². The quantitative estimate of drug-likeness (QED) is 0.438. The number of allylic oxidation sites excluding steroid dienone is 2. The summed E-state index contributed by atoms with van der Waals surface area (Å²) in [5, 5.41) is 27.6. The third-order valence-corrected chi connectivity index (χ3v) is 10.8. The summed E-state index contributed by atoms with van der Waals surface area (Å²) < 4.78 is 0. The first kappa shape index (κ1) is 27.6. The summed E-state index contributed by atoms with van der Waals surface area (Å²) >= 11 is 0. The van der Waals surface area contributed by atoms with Gasteiger partial charge in [0, 0.05) is 5.41 Å². The Labute approximate surface area is 229 Å². The number of carboxylic acid groups (broad SMARTS) is 1. The van der Waals surface area contributed by atoms with Gasteiger partial charge in [-0.05, 0) is 93.1 Å². The third-order valence-electron chi connectivity index (χ3n) is 10.8. The van der Waals surface area contributed by atoms with Gasteiger partial charge in [0.05, 0.1) is 5.71 Å². The number of carboxylic acids is 1. The van der Waals surface area contributed by atoms with E-state index in [1.54, 1.807) is 37.3 Å². The molecule has 1 aromatic rings. The number of nitrogens with one attached hydrogen (secondary N) is 1. The van der Waals surface area contributed by atoms with Crippen LogP contribution in [0.2, 0.25) is 0 Å². The van der Waals surface area contributed by atoms with E-state index in [2.05, 4.69) is 30.4 Å². The van der Waals surface area contributed by atoms with Crippen LogP contribution in [0.5, 0.6) is 0 Å². The predicted octanol–water partition coefficient (Wildman–Crippen LogP) is 4.58. The highest BCUT2D eigenvalue weighted by molar-refractivity contribution is 5.96. The number of nitrogens with zero attached hydrogens (tertiary/aromatic N) is 1. The average Bonchev–Trinajstić information content (AvgIpc) is 3.19. The maximum absolute atomic E-state index is 12.5. The van der Waals surface area contributed by atoms with E-state index in [1.807, 2.05) is 0 Å². The first-order valence-corrected chi connectivity index (χ1v) is 14.2. The lowest BCUT2D eigenvalue weighted by molar-refractivity contribution is -0.159. The Hall–Kier alpha value is -3.00. The fraction of sp³-hybridized carbons (Fsp3) is 0.613. The van der Waals surface area contributed by atoms with Gasteiger partial charge in [-0.3, -0.25) is 9.59 Å². The molecule has 0 bridgehead atoms. The van der Waals surface area contributed by atoms with Crippen LogP contribution in [-0.2, 0) is 19.2 Å². The van der Waals surface area contributed by atoms with Crippen LogP contribution in [0.25, 0.3) is 0 Å². The monoisotopic (exact) mass is 536 g/mol. The molecule has 3 N–H and O–H groups in total. The number of oxime groups is 1. The standard InChI is InChI=1S/C31H40N2O6/c1-19(34)31(38)16-13-25-23-10-9-21-17-22(11-14-29(21,2)24(23)12-15-30(25,31)3)33-39-18-26(35)32-27(28(36)37)20-7-5-4-6-8-20/h4-8,17,23-25,27,38H,9-16,18H2,1-3H3,(H,32,35)(H,36,37)/b33-22-/t23-,24+,25+,27+,29+,30+,31+/m1/s1. The molecule has 8 heteroatoms. The maximum atomic E-state index is 12.5. The Balaban J connectivity index is 1.23. The number of aliphatic carboxylic acids is 1. The summed E-state index contributed by atoms with van der Waals surface area (Å²) in [4.78, 5) is 41.9. The Morgan fingerprint density at radius 1 is 1.05 bits per heavy atom. The van der Waals surface area contributed by atoms with Crippen LogP contribution in [0, 0.1) is 28.6 Å². The van der Waals surface area contributed by atoms with Gasteiger partial charge < -0.3 is 20.4 Å². The second-order valence-corrected chi connectivity index (χ2v) is 12.5. The predicted molar refractivity (Wildman–Crippen MR) is 146 cm³/mol. The zero-order valence-corrected chi connectivity index (χ0v) is 23.1. The largest absolute Gasteiger partial charge is 0.479 e. The van der Waals surface area contributed by atoms with E-state index in [0.717, 1.165) is 50.7 Å². The second-order valence-electron chi connectivity index (χ2n) is 12.5. The van der Waals surface area contributed by atoms with E-state index in [1.165, 1.54) is 5.57 Å². The molecule has 39 heavy (non-hydrogen) atoms. The molecule has 1 amide bonds. The summed E-state index contributed by atoms with van der Waals surface area (Å²) in [7, 11) is 0. The van der Waals surface area contributed by atoms with Crippen molar-refractivity contribution in [1.82, 2.24) is 5.32 Å². The summed E-state index contributed by atoms with van der Waals surface area (Å²) in [5.41, 5.74) is 1.19. The van der Waals surface area contributed by atoms with Crippen LogP contribution >= 0.6 is 0 Å². The number of hydrogen-bond acceptors (Lipinski definition) is 6. The van der Waals surface area contributed by atoms with Crippen LogP contribution in [0.4, 0.5) is 0 Å². The molecule has 0 saturated heterocycles. The van der Waals surface area contributed by atoms with Gasteiger partial charge in [0.25, 0.3) is 5.91 Å². The van der Waals surface area contributed by atoms with Gasteiger partial charge >= 0.3 is 5.97 Å². The van der Waals surface area contributed by atoms with Crippen LogP contribution in [0.1, 0.15) is 83.7 Å². The van der Waals surface area contributed by atoms with Crippen molar-refractivity contribution in [3.8, 4) is 0 Å². The number of benzene rings is 1. The molecular weight excluding hydrogens is 496 g/mol. The number of fused-ring (bicyclic) bond motifs is 5. The number of carbonyl (C=O) groups excluding carboxylic acids is 2. The van der Waals surface area contributed by atoms with Gasteiger partial charge in [0.1, 0.15) is 5.60 Å². The van der Waals surface area contributed by atoms with E-state index < -0.39 is 23.5 Å². The van der Waals surface area contributed by atoms with Crippen LogP contribution in [-0.4, -0.2) is 45.8 Å². The molecule has 0 radical (unpaired) electrons. The molecule has 0 unspecified atom stereocenters. The van der Waals surface area contributed by atoms with Crippen molar-refractivity contribution in [1.29, 1.82) is 0 Å². The van der Waals surface area contributed by atoms with E-state index in [0.29, 0.717) is 29.7 Å². The molecule has 4 aliphatic carbocycles. The van der Waals surface area contributed by atoms with Crippen LogP contribution in [0.15, 0.2) is 47.1 Å². The molecule has 3 saturated carbocycles. The van der Waals surface area contributed by atoms with Crippen LogP contribution in [0.3, 0.4) is 0 Å². The minimum atomic E-state index is -1.19. The molecule has 4 aliphatic rings. The number of Topliss-reactive ketones (excluding diaryl/α,β-unsaturated/α-hetero) is 1. The van der Waals surface area contributed by atoms with Gasteiger partial charge in [-0.15, -0.1) is 0 Å². The topological polar surface area (TPSA) is 125 Å². The zero-order valence-electron chi connectivity index (χ0n) is 23.1. The summed E-state index contributed by atoms with van der Waals surface area (Å²) in [5.74, 6) is -0.380.